The smallest absolute Gasteiger partial charge is 0.317 e. The maximum Gasteiger partial charge on any atom is 0.317 e. The Morgan fingerprint density at radius 3 is 2.76 bits per heavy atom. The number of ether oxygens (including phenoxy) is 1. The lowest BCUT2D eigenvalue weighted by atomic mass is 10.1. The van der Waals surface area contributed by atoms with Gasteiger partial charge in [-0.3, -0.25) is 4.79 Å². The van der Waals surface area contributed by atoms with Crippen molar-refractivity contribution in [2.75, 3.05) is 39.4 Å². The molecule has 25 heavy (non-hydrogen) atoms. The summed E-state index contributed by atoms with van der Waals surface area (Å²) in [5.74, 6) is -0.209. The Hall–Kier alpha value is -2.15. The predicted molar refractivity (Wildman–Crippen MR) is 90.3 cm³/mol. The number of halogens is 1. The van der Waals surface area contributed by atoms with E-state index in [4.69, 9.17) is 4.74 Å². The molecule has 3 rings (SSSR count). The van der Waals surface area contributed by atoms with E-state index in [2.05, 4.69) is 5.32 Å². The standard InChI is InChI=1S/C18H24FN3O3/c19-16-4-1-3-14(11-16)12-20-18(24)22-7-2-6-21(8-9-22)17(23)15-5-10-25-13-15/h1,3-4,11,15H,2,5-10,12-13H2,(H,20,24). The van der Waals surface area contributed by atoms with Crippen LogP contribution in [0.2, 0.25) is 0 Å². The molecule has 1 N–H and O–H groups in total. The molecule has 0 radical (unpaired) electrons. The molecular formula is C18H24FN3O3. The first kappa shape index (κ1) is 17.7. The van der Waals surface area contributed by atoms with E-state index >= 15 is 0 Å². The summed E-state index contributed by atoms with van der Waals surface area (Å²) in [6, 6.07) is 6.01. The third-order valence-electron chi connectivity index (χ3n) is 4.71. The van der Waals surface area contributed by atoms with Gasteiger partial charge in [0.1, 0.15) is 5.82 Å². The molecule has 2 heterocycles. The van der Waals surface area contributed by atoms with Crippen molar-refractivity contribution in [3.05, 3.63) is 35.6 Å². The SMILES string of the molecule is O=C(NCc1cccc(F)c1)N1CCCN(C(=O)C2CCOC2)CC1. The zero-order valence-electron chi connectivity index (χ0n) is 14.2. The normalized spacial score (nSPS) is 21.1. The van der Waals surface area contributed by atoms with Crippen molar-refractivity contribution in [2.45, 2.75) is 19.4 Å². The molecule has 1 atom stereocenters. The van der Waals surface area contributed by atoms with Crippen molar-refractivity contribution in [1.29, 1.82) is 0 Å². The fourth-order valence-corrected chi connectivity index (χ4v) is 3.26. The largest absolute Gasteiger partial charge is 0.381 e. The maximum absolute atomic E-state index is 13.2. The predicted octanol–water partition coefficient (Wildman–Crippen LogP) is 1.61. The zero-order valence-corrected chi connectivity index (χ0v) is 14.2. The monoisotopic (exact) mass is 349 g/mol. The van der Waals surface area contributed by atoms with Gasteiger partial charge in [-0.1, -0.05) is 12.1 Å². The molecule has 2 fully saturated rings. The first-order valence-corrected chi connectivity index (χ1v) is 8.77. The highest BCUT2D eigenvalue weighted by Gasteiger charge is 2.29. The Balaban J connectivity index is 1.48. The fraction of sp³-hybridized carbons (Fsp3) is 0.556. The van der Waals surface area contributed by atoms with Gasteiger partial charge >= 0.3 is 6.03 Å². The third-order valence-corrected chi connectivity index (χ3v) is 4.71. The Morgan fingerprint density at radius 1 is 1.20 bits per heavy atom. The third kappa shape index (κ3) is 4.69. The summed E-state index contributed by atoms with van der Waals surface area (Å²) >= 11 is 0. The molecule has 3 amide bonds. The van der Waals surface area contributed by atoms with Gasteiger partial charge in [0.15, 0.2) is 0 Å². The molecule has 0 aromatic heterocycles. The van der Waals surface area contributed by atoms with Gasteiger partial charge in [-0.15, -0.1) is 0 Å². The minimum Gasteiger partial charge on any atom is -0.381 e. The summed E-state index contributed by atoms with van der Waals surface area (Å²) in [5.41, 5.74) is 0.723. The lowest BCUT2D eigenvalue weighted by molar-refractivity contribution is -0.135. The first-order valence-electron chi connectivity index (χ1n) is 8.77. The molecule has 0 saturated carbocycles. The lowest BCUT2D eigenvalue weighted by Gasteiger charge is -2.24. The Morgan fingerprint density at radius 2 is 2.00 bits per heavy atom. The van der Waals surface area contributed by atoms with Gasteiger partial charge in [-0.25, -0.2) is 9.18 Å². The first-order chi connectivity index (χ1) is 12.1. The second kappa shape index (κ2) is 8.29. The number of amides is 3. The molecule has 0 aliphatic carbocycles. The molecule has 2 aliphatic heterocycles. The highest BCUT2D eigenvalue weighted by atomic mass is 19.1. The average Bonchev–Trinajstić information content (AvgIpc) is 3.03. The molecule has 1 aromatic rings. The van der Waals surface area contributed by atoms with Gasteiger partial charge in [0.2, 0.25) is 5.91 Å². The van der Waals surface area contributed by atoms with Crippen molar-refractivity contribution in [3.63, 3.8) is 0 Å². The van der Waals surface area contributed by atoms with Crippen LogP contribution in [-0.2, 0) is 16.1 Å². The van der Waals surface area contributed by atoms with E-state index in [1.165, 1.54) is 12.1 Å². The van der Waals surface area contributed by atoms with Crippen molar-refractivity contribution >= 4 is 11.9 Å². The van der Waals surface area contributed by atoms with E-state index in [-0.39, 0.29) is 30.2 Å². The Labute approximate surface area is 146 Å². The van der Waals surface area contributed by atoms with E-state index in [9.17, 15) is 14.0 Å². The number of carbonyl (C=O) groups excluding carboxylic acids is 2. The highest BCUT2D eigenvalue weighted by Crippen LogP contribution is 2.17. The van der Waals surface area contributed by atoms with Crippen LogP contribution in [0.4, 0.5) is 9.18 Å². The van der Waals surface area contributed by atoms with Crippen LogP contribution in [0.3, 0.4) is 0 Å². The van der Waals surface area contributed by atoms with Gasteiger partial charge in [0.25, 0.3) is 0 Å². The number of nitrogens with zero attached hydrogens (tertiary/aromatic N) is 2. The molecule has 7 heteroatoms. The molecule has 0 spiro atoms. The summed E-state index contributed by atoms with van der Waals surface area (Å²) in [5, 5.41) is 2.82. The van der Waals surface area contributed by atoms with E-state index in [0.717, 1.165) is 18.4 Å². The average molecular weight is 349 g/mol. The van der Waals surface area contributed by atoms with Gasteiger partial charge in [-0.2, -0.15) is 0 Å². The maximum atomic E-state index is 13.2. The molecule has 2 aliphatic rings. The van der Waals surface area contributed by atoms with Crippen LogP contribution in [-0.4, -0.2) is 61.1 Å². The lowest BCUT2D eigenvalue weighted by Crippen LogP contribution is -2.43. The number of hydrogen-bond donors (Lipinski definition) is 1. The van der Waals surface area contributed by atoms with Gasteiger partial charge < -0.3 is 19.9 Å². The minimum absolute atomic E-state index is 0.0339. The summed E-state index contributed by atoms with van der Waals surface area (Å²) < 4.78 is 18.5. The summed E-state index contributed by atoms with van der Waals surface area (Å²) in [4.78, 5) is 28.4. The summed E-state index contributed by atoms with van der Waals surface area (Å²) in [7, 11) is 0. The van der Waals surface area contributed by atoms with E-state index in [1.807, 2.05) is 4.90 Å². The van der Waals surface area contributed by atoms with Gasteiger partial charge in [0.05, 0.1) is 12.5 Å². The van der Waals surface area contributed by atoms with Gasteiger partial charge in [-0.05, 0) is 30.5 Å². The second-order valence-electron chi connectivity index (χ2n) is 6.52. The minimum atomic E-state index is -0.313. The Bertz CT molecular complexity index is 619. The van der Waals surface area contributed by atoms with Crippen LogP contribution in [0.15, 0.2) is 24.3 Å². The summed E-state index contributed by atoms with van der Waals surface area (Å²) in [6.07, 6.45) is 1.54. The van der Waals surface area contributed by atoms with Crippen LogP contribution in [0.25, 0.3) is 0 Å². The number of urea groups is 1. The van der Waals surface area contributed by atoms with E-state index in [1.54, 1.807) is 17.0 Å². The van der Waals surface area contributed by atoms with Crippen molar-refractivity contribution in [1.82, 2.24) is 15.1 Å². The fourth-order valence-electron chi connectivity index (χ4n) is 3.26. The number of carbonyl (C=O) groups is 2. The molecule has 136 valence electrons. The van der Waals surface area contributed by atoms with Crippen LogP contribution in [0, 0.1) is 11.7 Å². The van der Waals surface area contributed by atoms with Crippen LogP contribution in [0.5, 0.6) is 0 Å². The Kier molecular flexibility index (Phi) is 5.86. The molecule has 1 unspecified atom stereocenters. The highest BCUT2D eigenvalue weighted by molar-refractivity contribution is 5.79. The number of nitrogens with one attached hydrogen (secondary N) is 1. The molecule has 2 saturated heterocycles. The van der Waals surface area contributed by atoms with Crippen molar-refractivity contribution in [2.24, 2.45) is 5.92 Å². The topological polar surface area (TPSA) is 61.9 Å². The van der Waals surface area contributed by atoms with Crippen molar-refractivity contribution in [3.8, 4) is 0 Å². The van der Waals surface area contributed by atoms with E-state index < -0.39 is 0 Å². The molecule has 0 bridgehead atoms. The molecular weight excluding hydrogens is 325 g/mol. The zero-order chi connectivity index (χ0) is 17.6. The summed E-state index contributed by atoms with van der Waals surface area (Å²) in [6.45, 7) is 3.78. The quantitative estimate of drug-likeness (QED) is 0.902. The van der Waals surface area contributed by atoms with Gasteiger partial charge in [0, 0.05) is 39.3 Å². The van der Waals surface area contributed by atoms with Crippen LogP contribution < -0.4 is 5.32 Å². The van der Waals surface area contributed by atoms with Crippen LogP contribution >= 0.6 is 0 Å². The molecule has 6 nitrogen and oxygen atoms in total. The van der Waals surface area contributed by atoms with Crippen molar-refractivity contribution < 1.29 is 18.7 Å². The van der Waals surface area contributed by atoms with E-state index in [0.29, 0.717) is 39.4 Å². The second-order valence-corrected chi connectivity index (χ2v) is 6.52. The number of hydrogen-bond acceptors (Lipinski definition) is 3. The number of benzene rings is 1. The number of rotatable bonds is 3. The van der Waals surface area contributed by atoms with Crippen LogP contribution in [0.1, 0.15) is 18.4 Å². The molecule has 1 aromatic carbocycles.